The van der Waals surface area contributed by atoms with Gasteiger partial charge in [0.2, 0.25) is 5.91 Å². The molecule has 1 aliphatic rings. The van der Waals surface area contributed by atoms with Gasteiger partial charge in [0.15, 0.2) is 0 Å². The summed E-state index contributed by atoms with van der Waals surface area (Å²) in [5.74, 6) is -0.130. The highest BCUT2D eigenvalue weighted by atomic mass is 35.5. The maximum absolute atomic E-state index is 13.4. The monoisotopic (exact) mass is 330 g/mol. The number of amides is 1. The summed E-state index contributed by atoms with van der Waals surface area (Å²) in [7, 11) is 0. The van der Waals surface area contributed by atoms with Gasteiger partial charge in [-0.25, -0.2) is 4.39 Å². The second kappa shape index (κ2) is 8.34. The predicted octanol–water partition coefficient (Wildman–Crippen LogP) is 3.49. The number of nitrogens with two attached hydrogens (primary N) is 1. The number of halogens is 2. The Kier molecular flexibility index (Phi) is 7.10. The van der Waals surface area contributed by atoms with Crippen molar-refractivity contribution in [3.05, 3.63) is 24.0 Å². The van der Waals surface area contributed by atoms with Crippen molar-refractivity contribution in [3.8, 4) is 5.75 Å². The van der Waals surface area contributed by atoms with Crippen LogP contribution in [-0.4, -0.2) is 18.1 Å². The van der Waals surface area contributed by atoms with E-state index in [0.717, 1.165) is 19.3 Å². The molecule has 0 aromatic heterocycles. The molecule has 0 saturated heterocycles. The molecule has 1 saturated carbocycles. The smallest absolute Gasteiger partial charge is 0.227 e. The first-order chi connectivity index (χ1) is 9.95. The average Bonchev–Trinajstić information content (AvgIpc) is 2.41. The van der Waals surface area contributed by atoms with Gasteiger partial charge in [0.1, 0.15) is 11.6 Å². The van der Waals surface area contributed by atoms with Gasteiger partial charge in [-0.2, -0.15) is 0 Å². The maximum Gasteiger partial charge on any atom is 0.227 e. The lowest BCUT2D eigenvalue weighted by atomic mass is 9.85. The molecule has 124 valence electrons. The summed E-state index contributed by atoms with van der Waals surface area (Å²) < 4.78 is 19.0. The maximum atomic E-state index is 13.4. The molecule has 4 nitrogen and oxygen atoms in total. The van der Waals surface area contributed by atoms with Crippen molar-refractivity contribution in [2.75, 3.05) is 5.32 Å². The van der Waals surface area contributed by atoms with Crippen LogP contribution in [0.4, 0.5) is 10.1 Å². The van der Waals surface area contributed by atoms with Crippen molar-refractivity contribution in [3.63, 3.8) is 0 Å². The van der Waals surface area contributed by atoms with Crippen LogP contribution in [0, 0.1) is 11.7 Å². The number of hydrogen-bond donors (Lipinski definition) is 2. The van der Waals surface area contributed by atoms with E-state index in [1.54, 1.807) is 0 Å². The Morgan fingerprint density at radius 1 is 1.41 bits per heavy atom. The number of ether oxygens (including phenoxy) is 1. The molecule has 1 amide bonds. The van der Waals surface area contributed by atoms with Crippen LogP contribution in [0.3, 0.4) is 0 Å². The highest BCUT2D eigenvalue weighted by Gasteiger charge is 2.26. The minimum absolute atomic E-state index is 0. The molecule has 1 aromatic rings. The molecule has 22 heavy (non-hydrogen) atoms. The van der Waals surface area contributed by atoms with Crippen LogP contribution in [-0.2, 0) is 4.79 Å². The van der Waals surface area contributed by atoms with E-state index in [9.17, 15) is 9.18 Å². The molecule has 0 bridgehead atoms. The summed E-state index contributed by atoms with van der Waals surface area (Å²) in [6.45, 7) is 3.77. The molecular formula is C16H24ClFN2O2. The molecule has 1 aliphatic carbocycles. The Morgan fingerprint density at radius 3 is 2.77 bits per heavy atom. The van der Waals surface area contributed by atoms with Crippen LogP contribution in [0.1, 0.15) is 39.5 Å². The number of hydrogen-bond acceptors (Lipinski definition) is 3. The van der Waals surface area contributed by atoms with Crippen LogP contribution in [0.2, 0.25) is 0 Å². The van der Waals surface area contributed by atoms with E-state index in [2.05, 4.69) is 5.32 Å². The van der Waals surface area contributed by atoms with Crippen LogP contribution in [0.5, 0.6) is 5.75 Å². The van der Waals surface area contributed by atoms with Gasteiger partial charge < -0.3 is 15.8 Å². The number of carbonyl (C=O) groups excluding carboxylic acids is 1. The highest BCUT2D eigenvalue weighted by molar-refractivity contribution is 5.94. The summed E-state index contributed by atoms with van der Waals surface area (Å²) in [4.78, 5) is 12.3. The molecule has 1 aromatic carbocycles. The number of rotatable bonds is 4. The van der Waals surface area contributed by atoms with E-state index in [1.165, 1.54) is 18.2 Å². The van der Waals surface area contributed by atoms with Crippen molar-refractivity contribution in [2.45, 2.75) is 51.7 Å². The number of anilines is 1. The fourth-order valence-corrected chi connectivity index (χ4v) is 2.66. The van der Waals surface area contributed by atoms with Gasteiger partial charge in [-0.15, -0.1) is 12.4 Å². The molecule has 2 unspecified atom stereocenters. The van der Waals surface area contributed by atoms with E-state index >= 15 is 0 Å². The van der Waals surface area contributed by atoms with Crippen molar-refractivity contribution in [1.82, 2.24) is 0 Å². The minimum atomic E-state index is -0.401. The van der Waals surface area contributed by atoms with E-state index in [1.807, 2.05) is 13.8 Å². The summed E-state index contributed by atoms with van der Waals surface area (Å²) >= 11 is 0. The lowest BCUT2D eigenvalue weighted by molar-refractivity contribution is -0.120. The Morgan fingerprint density at radius 2 is 2.14 bits per heavy atom. The third-order valence-corrected chi connectivity index (χ3v) is 3.65. The Bertz CT molecular complexity index is 511. The third-order valence-electron chi connectivity index (χ3n) is 3.65. The molecule has 3 N–H and O–H groups in total. The largest absolute Gasteiger partial charge is 0.489 e. The zero-order chi connectivity index (χ0) is 15.4. The summed E-state index contributed by atoms with van der Waals surface area (Å²) in [6, 6.07) is 4.23. The Balaban J connectivity index is 0.00000242. The lowest BCUT2D eigenvalue weighted by Crippen LogP contribution is -2.34. The normalized spacial score (nSPS) is 21.1. The minimum Gasteiger partial charge on any atom is -0.489 e. The van der Waals surface area contributed by atoms with Gasteiger partial charge in [-0.3, -0.25) is 4.79 Å². The molecule has 0 heterocycles. The molecule has 0 radical (unpaired) electrons. The SMILES string of the molecule is CC(C)Oc1ccc(F)cc1NC(=O)C1CCCC(N)C1.Cl. The third kappa shape index (κ3) is 5.14. The number of benzene rings is 1. The first-order valence-electron chi connectivity index (χ1n) is 7.48. The van der Waals surface area contributed by atoms with E-state index in [4.69, 9.17) is 10.5 Å². The molecular weight excluding hydrogens is 307 g/mol. The van der Waals surface area contributed by atoms with Crippen LogP contribution in [0.25, 0.3) is 0 Å². The Hall–Kier alpha value is -1.33. The fourth-order valence-electron chi connectivity index (χ4n) is 2.66. The standard InChI is InChI=1S/C16H23FN2O2.ClH/c1-10(2)21-15-7-6-12(17)9-14(15)19-16(20)11-4-3-5-13(18)8-11;/h6-7,9-11,13H,3-5,8,18H2,1-2H3,(H,19,20);1H. The molecule has 6 heteroatoms. The van der Waals surface area contributed by atoms with Gasteiger partial charge in [0, 0.05) is 18.0 Å². The zero-order valence-electron chi connectivity index (χ0n) is 13.0. The fraction of sp³-hybridized carbons (Fsp3) is 0.562. The second-order valence-corrected chi connectivity index (χ2v) is 5.92. The molecule has 2 atom stereocenters. The summed E-state index contributed by atoms with van der Waals surface area (Å²) in [5, 5.41) is 2.79. The van der Waals surface area contributed by atoms with Crippen LogP contribution < -0.4 is 15.8 Å². The molecule has 0 aliphatic heterocycles. The zero-order valence-corrected chi connectivity index (χ0v) is 13.8. The van der Waals surface area contributed by atoms with Gasteiger partial charge in [-0.05, 0) is 45.2 Å². The highest BCUT2D eigenvalue weighted by Crippen LogP contribution is 2.29. The molecule has 1 fully saturated rings. The quantitative estimate of drug-likeness (QED) is 0.888. The summed E-state index contributed by atoms with van der Waals surface area (Å²) in [5.41, 5.74) is 6.29. The van der Waals surface area contributed by atoms with E-state index in [-0.39, 0.29) is 36.4 Å². The predicted molar refractivity (Wildman–Crippen MR) is 88.0 cm³/mol. The lowest BCUT2D eigenvalue weighted by Gasteiger charge is -2.26. The average molecular weight is 331 g/mol. The summed E-state index contributed by atoms with van der Waals surface area (Å²) in [6.07, 6.45) is 3.38. The van der Waals surface area contributed by atoms with E-state index in [0.29, 0.717) is 17.9 Å². The molecule has 0 spiro atoms. The van der Waals surface area contributed by atoms with Crippen molar-refractivity contribution >= 4 is 24.0 Å². The van der Waals surface area contributed by atoms with Crippen LogP contribution in [0.15, 0.2) is 18.2 Å². The van der Waals surface area contributed by atoms with Gasteiger partial charge in [0.05, 0.1) is 11.8 Å². The van der Waals surface area contributed by atoms with Gasteiger partial charge in [-0.1, -0.05) is 6.42 Å². The van der Waals surface area contributed by atoms with E-state index < -0.39 is 5.82 Å². The van der Waals surface area contributed by atoms with Gasteiger partial charge >= 0.3 is 0 Å². The number of carbonyl (C=O) groups is 1. The second-order valence-electron chi connectivity index (χ2n) is 5.92. The first kappa shape index (κ1) is 18.7. The first-order valence-corrected chi connectivity index (χ1v) is 7.48. The van der Waals surface area contributed by atoms with Gasteiger partial charge in [0.25, 0.3) is 0 Å². The van der Waals surface area contributed by atoms with Crippen molar-refractivity contribution in [1.29, 1.82) is 0 Å². The Labute approximate surface area is 137 Å². The van der Waals surface area contributed by atoms with Crippen molar-refractivity contribution in [2.24, 2.45) is 11.7 Å². The molecule has 2 rings (SSSR count). The number of nitrogens with one attached hydrogen (secondary N) is 1. The van der Waals surface area contributed by atoms with Crippen molar-refractivity contribution < 1.29 is 13.9 Å². The van der Waals surface area contributed by atoms with Crippen LogP contribution >= 0.6 is 12.4 Å². The topological polar surface area (TPSA) is 64.3 Å².